The molecular weight excluding hydrogens is 302 g/mol. The standard InChI is InChI=1S/C16H10ClN3O.H2O/c17-12-6-8-13(9-7-12)19-16(21)15-10-5-11-3-1-2-4-14(11)20(15)18-19;/h1-10H;1H2. The van der Waals surface area contributed by atoms with Gasteiger partial charge in [-0.2, -0.15) is 0 Å². The van der Waals surface area contributed by atoms with Gasteiger partial charge in [-0.1, -0.05) is 39.0 Å². The number of hydrogen-bond donors (Lipinski definition) is 1. The molecule has 0 saturated heterocycles. The van der Waals surface area contributed by atoms with Crippen molar-refractivity contribution in [3.8, 4) is 11.6 Å². The summed E-state index contributed by atoms with van der Waals surface area (Å²) in [6, 6.07) is 18.9. The SMILES string of the molecule is Oc1c2ccc3ccccc3[n+]2nn1-c1ccc(Cl)cc1.[OH-]. The number of aromatic hydroxyl groups is 1. The molecule has 5 nitrogen and oxygen atoms in total. The van der Waals surface area contributed by atoms with Crippen molar-refractivity contribution in [3.63, 3.8) is 0 Å². The summed E-state index contributed by atoms with van der Waals surface area (Å²) in [4.78, 5) is 0. The number of aromatic nitrogens is 3. The fourth-order valence-corrected chi connectivity index (χ4v) is 2.58. The number of pyridine rings is 1. The minimum atomic E-state index is 0. The van der Waals surface area contributed by atoms with Gasteiger partial charge in [0.15, 0.2) is 11.2 Å². The highest BCUT2D eigenvalue weighted by molar-refractivity contribution is 6.30. The lowest BCUT2D eigenvalue weighted by molar-refractivity contribution is -0.555. The molecule has 22 heavy (non-hydrogen) atoms. The smallest absolute Gasteiger partial charge is 0.359 e. The van der Waals surface area contributed by atoms with E-state index in [-0.39, 0.29) is 11.4 Å². The summed E-state index contributed by atoms with van der Waals surface area (Å²) in [5.74, 6) is 0.100. The quantitative estimate of drug-likeness (QED) is 0.549. The molecule has 2 aromatic carbocycles. The van der Waals surface area contributed by atoms with Gasteiger partial charge in [0.25, 0.3) is 0 Å². The molecule has 0 bridgehead atoms. The number of rotatable bonds is 1. The Labute approximate surface area is 130 Å². The molecule has 6 heteroatoms. The number of benzene rings is 2. The molecule has 0 saturated carbocycles. The van der Waals surface area contributed by atoms with Gasteiger partial charge in [-0.25, -0.2) is 0 Å². The monoisotopic (exact) mass is 313 g/mol. The van der Waals surface area contributed by atoms with Crippen LogP contribution in [0.4, 0.5) is 0 Å². The lowest BCUT2D eigenvalue weighted by Gasteiger charge is -1.93. The molecule has 0 unspecified atom stereocenters. The van der Waals surface area contributed by atoms with Crippen molar-refractivity contribution in [2.24, 2.45) is 0 Å². The average Bonchev–Trinajstić information content (AvgIpc) is 2.86. The first-order valence-electron chi connectivity index (χ1n) is 6.52. The molecule has 2 heterocycles. The van der Waals surface area contributed by atoms with Gasteiger partial charge in [0.2, 0.25) is 5.52 Å². The average molecular weight is 314 g/mol. The van der Waals surface area contributed by atoms with Crippen LogP contribution in [0, 0.1) is 0 Å². The normalized spacial score (nSPS) is 10.8. The highest BCUT2D eigenvalue weighted by Crippen LogP contribution is 2.22. The molecule has 0 aliphatic heterocycles. The topological polar surface area (TPSA) is 72.2 Å². The maximum absolute atomic E-state index is 10.4. The van der Waals surface area contributed by atoms with E-state index in [1.165, 1.54) is 4.68 Å². The van der Waals surface area contributed by atoms with E-state index in [9.17, 15) is 5.11 Å². The molecule has 110 valence electrons. The molecule has 4 aromatic rings. The van der Waals surface area contributed by atoms with E-state index >= 15 is 0 Å². The molecule has 2 aromatic heterocycles. The molecule has 2 N–H and O–H groups in total. The fraction of sp³-hybridized carbons (Fsp3) is 0. The van der Waals surface area contributed by atoms with E-state index in [0.29, 0.717) is 10.5 Å². The molecule has 0 aliphatic carbocycles. The van der Waals surface area contributed by atoms with Gasteiger partial charge in [0.1, 0.15) is 5.21 Å². The van der Waals surface area contributed by atoms with Crippen LogP contribution >= 0.6 is 11.6 Å². The number of halogens is 1. The van der Waals surface area contributed by atoms with Crippen LogP contribution in [0.5, 0.6) is 5.88 Å². The van der Waals surface area contributed by atoms with Crippen LogP contribution in [-0.2, 0) is 0 Å². The minimum Gasteiger partial charge on any atom is -0.870 e. The van der Waals surface area contributed by atoms with Gasteiger partial charge in [-0.15, -0.1) is 0 Å². The van der Waals surface area contributed by atoms with E-state index < -0.39 is 0 Å². The van der Waals surface area contributed by atoms with Crippen molar-refractivity contribution in [1.29, 1.82) is 0 Å². The second kappa shape index (κ2) is 5.29. The summed E-state index contributed by atoms with van der Waals surface area (Å²) >= 11 is 5.90. The first-order chi connectivity index (χ1) is 10.2. The number of para-hydroxylation sites is 1. The van der Waals surface area contributed by atoms with Crippen molar-refractivity contribution < 1.29 is 15.1 Å². The van der Waals surface area contributed by atoms with E-state index in [2.05, 4.69) is 5.21 Å². The Kier molecular flexibility index (Phi) is 3.44. The maximum Gasteiger partial charge on any atom is 0.359 e. The first kappa shape index (κ1) is 14.3. The molecule has 4 rings (SSSR count). The molecule has 0 aliphatic rings. The summed E-state index contributed by atoms with van der Waals surface area (Å²) in [6.45, 7) is 0. The van der Waals surface area contributed by atoms with Crippen LogP contribution < -0.4 is 4.52 Å². The summed E-state index contributed by atoms with van der Waals surface area (Å²) in [5, 5.41) is 16.6. The predicted molar refractivity (Wildman–Crippen MR) is 82.8 cm³/mol. The maximum atomic E-state index is 10.4. The van der Waals surface area contributed by atoms with Gasteiger partial charge in [-0.3, -0.25) is 0 Å². The van der Waals surface area contributed by atoms with E-state index in [4.69, 9.17) is 11.6 Å². The van der Waals surface area contributed by atoms with Crippen molar-refractivity contribution in [1.82, 2.24) is 9.90 Å². The number of nitrogens with zero attached hydrogens (tertiary/aromatic N) is 3. The second-order valence-corrected chi connectivity index (χ2v) is 5.23. The van der Waals surface area contributed by atoms with Crippen LogP contribution in [-0.4, -0.2) is 20.5 Å². The van der Waals surface area contributed by atoms with Crippen LogP contribution in [0.1, 0.15) is 0 Å². The van der Waals surface area contributed by atoms with Crippen molar-refractivity contribution >= 4 is 28.0 Å². The molecule has 0 fully saturated rings. The van der Waals surface area contributed by atoms with E-state index in [1.807, 2.05) is 48.5 Å². The summed E-state index contributed by atoms with van der Waals surface area (Å²) < 4.78 is 3.23. The Morgan fingerprint density at radius 2 is 1.64 bits per heavy atom. The lowest BCUT2D eigenvalue weighted by atomic mass is 10.2. The van der Waals surface area contributed by atoms with Gasteiger partial charge < -0.3 is 10.6 Å². The molecule has 0 amide bonds. The van der Waals surface area contributed by atoms with E-state index in [1.54, 1.807) is 16.6 Å². The highest BCUT2D eigenvalue weighted by Gasteiger charge is 2.22. The summed E-state index contributed by atoms with van der Waals surface area (Å²) in [7, 11) is 0. The summed E-state index contributed by atoms with van der Waals surface area (Å²) in [5.41, 5.74) is 2.35. The summed E-state index contributed by atoms with van der Waals surface area (Å²) in [6.07, 6.45) is 0. The Hall–Kier alpha value is -2.63. The minimum absolute atomic E-state index is 0. The Morgan fingerprint density at radius 3 is 2.41 bits per heavy atom. The van der Waals surface area contributed by atoms with Crippen molar-refractivity contribution in [2.45, 2.75) is 0 Å². The lowest BCUT2D eigenvalue weighted by Crippen LogP contribution is -2.25. The molecule has 0 radical (unpaired) electrons. The second-order valence-electron chi connectivity index (χ2n) is 4.79. The third-order valence-corrected chi connectivity index (χ3v) is 3.75. The van der Waals surface area contributed by atoms with Gasteiger partial charge in [0, 0.05) is 10.4 Å². The largest absolute Gasteiger partial charge is 0.870 e. The number of fused-ring (bicyclic) bond motifs is 3. The fourth-order valence-electron chi connectivity index (χ4n) is 2.45. The third-order valence-electron chi connectivity index (χ3n) is 3.49. The van der Waals surface area contributed by atoms with Crippen LogP contribution in [0.25, 0.3) is 22.1 Å². The van der Waals surface area contributed by atoms with Crippen LogP contribution in [0.15, 0.2) is 60.7 Å². The predicted octanol–water partition coefficient (Wildman–Crippen LogP) is 2.95. The van der Waals surface area contributed by atoms with Crippen molar-refractivity contribution in [3.05, 3.63) is 65.7 Å². The Balaban J connectivity index is 0.00000144. The van der Waals surface area contributed by atoms with E-state index in [0.717, 1.165) is 16.6 Å². The van der Waals surface area contributed by atoms with Crippen LogP contribution in [0.2, 0.25) is 5.02 Å². The highest BCUT2D eigenvalue weighted by atomic mass is 35.5. The Morgan fingerprint density at radius 1 is 0.909 bits per heavy atom. The van der Waals surface area contributed by atoms with Crippen LogP contribution in [0.3, 0.4) is 0 Å². The Bertz CT molecular complexity index is 964. The zero-order valence-corrected chi connectivity index (χ0v) is 12.1. The zero-order valence-electron chi connectivity index (χ0n) is 11.4. The third kappa shape index (κ3) is 2.07. The molecule has 0 spiro atoms. The molecule has 0 atom stereocenters. The van der Waals surface area contributed by atoms with Gasteiger partial charge in [-0.05, 0) is 42.5 Å². The van der Waals surface area contributed by atoms with Gasteiger partial charge in [0.05, 0.1) is 0 Å². The van der Waals surface area contributed by atoms with Crippen molar-refractivity contribution in [2.75, 3.05) is 0 Å². The number of hydrogen-bond acceptors (Lipinski definition) is 3. The zero-order chi connectivity index (χ0) is 14.4. The van der Waals surface area contributed by atoms with Gasteiger partial charge >= 0.3 is 5.88 Å². The first-order valence-corrected chi connectivity index (χ1v) is 6.89. The molecular formula is C16H12ClN3O2.